The zero-order valence-corrected chi connectivity index (χ0v) is 16.4. The number of halogens is 1. The molecule has 2 aromatic carbocycles. The fourth-order valence-corrected chi connectivity index (χ4v) is 4.53. The van der Waals surface area contributed by atoms with Crippen LogP contribution in [0.4, 0.5) is 11.4 Å². The Bertz CT molecular complexity index is 955. The van der Waals surface area contributed by atoms with E-state index in [2.05, 4.69) is 20.7 Å². The van der Waals surface area contributed by atoms with Crippen LogP contribution >= 0.6 is 15.9 Å². The molecule has 2 aromatic rings. The third-order valence-corrected chi connectivity index (χ3v) is 6.09. The van der Waals surface area contributed by atoms with E-state index < -0.39 is 10.0 Å². The number of hydrogen-bond acceptors (Lipinski definition) is 4. The first-order chi connectivity index (χ1) is 12.3. The topological polar surface area (TPSA) is 83.6 Å². The van der Waals surface area contributed by atoms with Crippen LogP contribution in [0, 0.1) is 6.92 Å². The number of hydrogen-bond donors (Lipinski definition) is 1. The van der Waals surface area contributed by atoms with Gasteiger partial charge >= 0.3 is 0 Å². The van der Waals surface area contributed by atoms with Crippen molar-refractivity contribution in [2.24, 2.45) is 0 Å². The summed E-state index contributed by atoms with van der Waals surface area (Å²) in [6, 6.07) is 11.0. The first-order valence-corrected chi connectivity index (χ1v) is 10.3. The molecule has 0 unspecified atom stereocenters. The lowest BCUT2D eigenvalue weighted by atomic mass is 10.1. The Morgan fingerprint density at radius 1 is 1.00 bits per heavy atom. The fraction of sp³-hybridized carbons (Fsp3) is 0.222. The van der Waals surface area contributed by atoms with Crippen LogP contribution in [0.2, 0.25) is 0 Å². The molecule has 0 spiro atoms. The van der Waals surface area contributed by atoms with Gasteiger partial charge in [0.2, 0.25) is 11.8 Å². The van der Waals surface area contributed by atoms with Gasteiger partial charge < -0.3 is 0 Å². The van der Waals surface area contributed by atoms with Gasteiger partial charge in [0.25, 0.3) is 10.0 Å². The van der Waals surface area contributed by atoms with Crippen molar-refractivity contribution in [2.75, 3.05) is 9.62 Å². The van der Waals surface area contributed by atoms with Gasteiger partial charge in [0.15, 0.2) is 0 Å². The SMILES string of the molecule is Cc1ccc(NS(=O)(=O)c2ccc(N3C(=O)CCCC3=O)cc2)c(Br)c1. The van der Waals surface area contributed by atoms with E-state index in [0.717, 1.165) is 10.5 Å². The monoisotopic (exact) mass is 436 g/mol. The molecule has 0 saturated carbocycles. The van der Waals surface area contributed by atoms with Gasteiger partial charge in [-0.25, -0.2) is 8.42 Å². The maximum Gasteiger partial charge on any atom is 0.261 e. The lowest BCUT2D eigenvalue weighted by molar-refractivity contribution is -0.129. The van der Waals surface area contributed by atoms with E-state index in [9.17, 15) is 18.0 Å². The Kier molecular flexibility index (Phi) is 5.15. The summed E-state index contributed by atoms with van der Waals surface area (Å²) in [7, 11) is -3.79. The number of sulfonamides is 1. The molecule has 1 fully saturated rings. The molecule has 136 valence electrons. The van der Waals surface area contributed by atoms with Crippen molar-refractivity contribution in [1.82, 2.24) is 0 Å². The number of rotatable bonds is 4. The van der Waals surface area contributed by atoms with E-state index in [1.54, 1.807) is 12.1 Å². The Hall–Kier alpha value is -2.19. The second-order valence-electron chi connectivity index (χ2n) is 6.06. The number of nitrogens with one attached hydrogen (secondary N) is 1. The Morgan fingerprint density at radius 3 is 2.19 bits per heavy atom. The first kappa shape index (κ1) is 18.6. The van der Waals surface area contributed by atoms with Crippen molar-refractivity contribution in [3.63, 3.8) is 0 Å². The van der Waals surface area contributed by atoms with Gasteiger partial charge in [-0.1, -0.05) is 6.07 Å². The van der Waals surface area contributed by atoms with Crippen molar-refractivity contribution in [3.8, 4) is 0 Å². The zero-order chi connectivity index (χ0) is 18.9. The third kappa shape index (κ3) is 3.81. The molecule has 1 saturated heterocycles. The van der Waals surface area contributed by atoms with Gasteiger partial charge in [0, 0.05) is 17.3 Å². The van der Waals surface area contributed by atoms with Crippen molar-refractivity contribution in [2.45, 2.75) is 31.1 Å². The quantitative estimate of drug-likeness (QED) is 0.741. The second kappa shape index (κ2) is 7.20. The number of amides is 2. The van der Waals surface area contributed by atoms with E-state index in [-0.39, 0.29) is 16.7 Å². The van der Waals surface area contributed by atoms with E-state index in [1.807, 2.05) is 13.0 Å². The van der Waals surface area contributed by atoms with Crippen molar-refractivity contribution < 1.29 is 18.0 Å². The molecule has 3 rings (SSSR count). The molecule has 8 heteroatoms. The largest absolute Gasteiger partial charge is 0.278 e. The van der Waals surface area contributed by atoms with Gasteiger partial charge in [0.05, 0.1) is 16.3 Å². The number of aryl methyl sites for hydroxylation is 1. The molecular weight excluding hydrogens is 420 g/mol. The predicted molar refractivity (Wildman–Crippen MR) is 102 cm³/mol. The average Bonchev–Trinajstić information content (AvgIpc) is 2.58. The van der Waals surface area contributed by atoms with Crippen LogP contribution in [0.15, 0.2) is 51.8 Å². The second-order valence-corrected chi connectivity index (χ2v) is 8.60. The van der Waals surface area contributed by atoms with Gasteiger partial charge in [-0.05, 0) is 71.2 Å². The first-order valence-electron chi connectivity index (χ1n) is 8.03. The highest BCUT2D eigenvalue weighted by Gasteiger charge is 2.27. The minimum Gasteiger partial charge on any atom is -0.278 e. The minimum absolute atomic E-state index is 0.0469. The molecule has 1 N–H and O–H groups in total. The number of carbonyl (C=O) groups is 2. The van der Waals surface area contributed by atoms with E-state index >= 15 is 0 Å². The van der Waals surface area contributed by atoms with Gasteiger partial charge in [-0.3, -0.25) is 19.2 Å². The molecule has 0 aliphatic carbocycles. The average molecular weight is 437 g/mol. The number of piperidine rings is 1. The van der Waals surface area contributed by atoms with Crippen molar-refractivity contribution in [1.29, 1.82) is 0 Å². The number of benzene rings is 2. The maximum atomic E-state index is 12.6. The minimum atomic E-state index is -3.79. The number of imide groups is 1. The summed E-state index contributed by atoms with van der Waals surface area (Å²) in [5, 5.41) is 0. The standard InChI is InChI=1S/C18H17BrN2O4S/c1-12-5-10-16(15(19)11-12)20-26(24,25)14-8-6-13(7-9-14)21-17(22)3-2-4-18(21)23/h5-11,20H,2-4H2,1H3. The Balaban J connectivity index is 1.85. The molecule has 6 nitrogen and oxygen atoms in total. The number of anilines is 2. The Labute approximate surface area is 160 Å². The summed E-state index contributed by atoms with van der Waals surface area (Å²) in [5.74, 6) is -0.530. The summed E-state index contributed by atoms with van der Waals surface area (Å²) in [5.41, 5.74) is 1.82. The van der Waals surface area contributed by atoms with E-state index in [4.69, 9.17) is 0 Å². The molecule has 0 atom stereocenters. The molecule has 26 heavy (non-hydrogen) atoms. The highest BCUT2D eigenvalue weighted by molar-refractivity contribution is 9.10. The fourth-order valence-electron chi connectivity index (χ4n) is 2.72. The summed E-state index contributed by atoms with van der Waals surface area (Å²) in [6.45, 7) is 1.91. The summed E-state index contributed by atoms with van der Waals surface area (Å²) in [6.07, 6.45) is 1.18. The van der Waals surface area contributed by atoms with E-state index in [0.29, 0.717) is 35.1 Å². The molecule has 0 aromatic heterocycles. The zero-order valence-electron chi connectivity index (χ0n) is 14.0. The lowest BCUT2D eigenvalue weighted by Gasteiger charge is -2.24. The molecule has 1 aliphatic heterocycles. The van der Waals surface area contributed by atoms with Crippen molar-refractivity contribution in [3.05, 3.63) is 52.5 Å². The van der Waals surface area contributed by atoms with Gasteiger partial charge in [-0.15, -0.1) is 0 Å². The van der Waals surface area contributed by atoms with Crippen LogP contribution in [0.3, 0.4) is 0 Å². The van der Waals surface area contributed by atoms with E-state index in [1.165, 1.54) is 24.3 Å². The van der Waals surface area contributed by atoms with Crippen LogP contribution < -0.4 is 9.62 Å². The number of nitrogens with zero attached hydrogens (tertiary/aromatic N) is 1. The van der Waals surface area contributed by atoms with Gasteiger partial charge in [0.1, 0.15) is 0 Å². The highest BCUT2D eigenvalue weighted by Crippen LogP contribution is 2.27. The molecule has 1 aliphatic rings. The Morgan fingerprint density at radius 2 is 1.62 bits per heavy atom. The van der Waals surface area contributed by atoms with Crippen LogP contribution in [0.1, 0.15) is 24.8 Å². The molecular formula is C18H17BrN2O4S. The predicted octanol–water partition coefficient (Wildman–Crippen LogP) is 3.60. The molecule has 0 bridgehead atoms. The molecule has 0 radical (unpaired) electrons. The summed E-state index contributed by atoms with van der Waals surface area (Å²) >= 11 is 3.34. The normalized spacial score (nSPS) is 15.2. The molecule has 2 amide bonds. The highest BCUT2D eigenvalue weighted by atomic mass is 79.9. The summed E-state index contributed by atoms with van der Waals surface area (Å²) < 4.78 is 28.3. The number of carbonyl (C=O) groups excluding carboxylic acids is 2. The smallest absolute Gasteiger partial charge is 0.261 e. The molecule has 1 heterocycles. The van der Waals surface area contributed by atoms with Crippen molar-refractivity contribution >= 4 is 49.1 Å². The lowest BCUT2D eigenvalue weighted by Crippen LogP contribution is -2.40. The van der Waals surface area contributed by atoms with Gasteiger partial charge in [-0.2, -0.15) is 0 Å². The van der Waals surface area contributed by atoms with Crippen LogP contribution in [0.25, 0.3) is 0 Å². The van der Waals surface area contributed by atoms with Crippen LogP contribution in [0.5, 0.6) is 0 Å². The third-order valence-electron chi connectivity index (χ3n) is 4.05. The van der Waals surface area contributed by atoms with Crippen LogP contribution in [-0.4, -0.2) is 20.2 Å². The maximum absolute atomic E-state index is 12.6. The van der Waals surface area contributed by atoms with Crippen LogP contribution in [-0.2, 0) is 19.6 Å². The summed E-state index contributed by atoms with van der Waals surface area (Å²) in [4.78, 5) is 25.1.